The van der Waals surface area contributed by atoms with Crippen LogP contribution in [-0.4, -0.2) is 53.8 Å². The topological polar surface area (TPSA) is 94.2 Å². The fourth-order valence-electron chi connectivity index (χ4n) is 7.79. The highest BCUT2D eigenvalue weighted by Crippen LogP contribution is 2.60. The molecule has 0 bridgehead atoms. The van der Waals surface area contributed by atoms with Crippen molar-refractivity contribution >= 4 is 35.6 Å². The number of sulfonamides is 1. The molecule has 280 valence electrons. The Balaban J connectivity index is 1.44. The van der Waals surface area contributed by atoms with E-state index in [0.717, 1.165) is 54.8 Å². The second-order valence-electron chi connectivity index (χ2n) is 16.0. The van der Waals surface area contributed by atoms with Gasteiger partial charge in [-0.05, 0) is 72.7 Å². The van der Waals surface area contributed by atoms with Gasteiger partial charge in [0.05, 0.1) is 29.2 Å². The molecular weight excluding hydrogens is 700 g/mol. The summed E-state index contributed by atoms with van der Waals surface area (Å²) in [5.74, 6) is 2.35. The largest absolute Gasteiger partial charge is 0.496 e. The van der Waals surface area contributed by atoms with Crippen molar-refractivity contribution in [3.63, 3.8) is 0 Å². The number of halogens is 1. The van der Waals surface area contributed by atoms with Crippen molar-refractivity contribution < 1.29 is 27.4 Å². The van der Waals surface area contributed by atoms with Gasteiger partial charge in [-0.15, -0.1) is 0 Å². The standard InChI is InChI=1S/C40H57ClN2O6SSi/c1-28(2)34-24-35(34)40(18-10-11-19-40)39(44)42-25-30-16-17-32(31(23-30)26-47-4)33-13-8-9-15-37(33)50(45,46)43(27-48-21-22-51(5,6)7)36-14-12-20-49-29(3)38(36)41/h8-9,13-17,23,28,34-35H,10-12,18-22,24-27H2,1-7H3,(H,42,44)/t34?,35-/m1/s1. The first-order valence-corrected chi connectivity index (χ1v) is 24.0. The summed E-state index contributed by atoms with van der Waals surface area (Å²) in [6.07, 6.45) is 7.62. The molecule has 1 heterocycles. The van der Waals surface area contributed by atoms with Crippen LogP contribution in [0.5, 0.6) is 0 Å². The van der Waals surface area contributed by atoms with E-state index in [1.807, 2.05) is 36.4 Å². The molecular formula is C40H57ClN2O6SSi. The molecule has 2 fully saturated rings. The van der Waals surface area contributed by atoms with Gasteiger partial charge in [-0.3, -0.25) is 4.79 Å². The van der Waals surface area contributed by atoms with Crippen molar-refractivity contribution in [2.24, 2.45) is 23.2 Å². The zero-order chi connectivity index (χ0) is 37.0. The van der Waals surface area contributed by atoms with Crippen LogP contribution in [0.4, 0.5) is 0 Å². The first-order valence-electron chi connectivity index (χ1n) is 18.5. The number of hydrogen-bond acceptors (Lipinski definition) is 6. The van der Waals surface area contributed by atoms with E-state index in [1.54, 1.807) is 26.2 Å². The maximum Gasteiger partial charge on any atom is 0.266 e. The molecule has 0 saturated heterocycles. The van der Waals surface area contributed by atoms with Crippen LogP contribution in [0.3, 0.4) is 0 Å². The van der Waals surface area contributed by atoms with Crippen LogP contribution in [0.2, 0.25) is 25.7 Å². The second-order valence-corrected chi connectivity index (χ2v) is 23.8. The lowest BCUT2D eigenvalue weighted by Crippen LogP contribution is -2.41. The Morgan fingerprint density at radius 2 is 1.84 bits per heavy atom. The molecule has 0 spiro atoms. The van der Waals surface area contributed by atoms with Crippen LogP contribution in [-0.2, 0) is 42.2 Å². The van der Waals surface area contributed by atoms with Gasteiger partial charge in [0, 0.05) is 40.3 Å². The highest BCUT2D eigenvalue weighted by atomic mass is 35.5. The van der Waals surface area contributed by atoms with Crippen LogP contribution in [0.25, 0.3) is 11.1 Å². The molecule has 5 rings (SSSR count). The summed E-state index contributed by atoms with van der Waals surface area (Å²) in [5, 5.41) is 3.54. The zero-order valence-electron chi connectivity index (χ0n) is 31.5. The van der Waals surface area contributed by atoms with Crippen molar-refractivity contribution in [3.05, 3.63) is 76.2 Å². The van der Waals surface area contributed by atoms with E-state index in [4.69, 9.17) is 25.8 Å². The van der Waals surface area contributed by atoms with E-state index < -0.39 is 18.1 Å². The molecule has 1 unspecified atom stereocenters. The maximum atomic E-state index is 14.8. The summed E-state index contributed by atoms with van der Waals surface area (Å²) in [6, 6.07) is 13.9. The average Bonchev–Trinajstić information content (AvgIpc) is 3.79. The Bertz CT molecular complexity index is 1730. The lowest BCUT2D eigenvalue weighted by Gasteiger charge is -2.29. The van der Waals surface area contributed by atoms with Crippen LogP contribution in [0.1, 0.15) is 70.4 Å². The van der Waals surface area contributed by atoms with E-state index in [-0.39, 0.29) is 34.6 Å². The minimum Gasteiger partial charge on any atom is -0.496 e. The Kier molecular flexibility index (Phi) is 12.9. The molecule has 1 amide bonds. The van der Waals surface area contributed by atoms with E-state index >= 15 is 0 Å². The number of methoxy groups -OCH3 is 1. The van der Waals surface area contributed by atoms with Crippen molar-refractivity contribution in [1.82, 2.24) is 9.62 Å². The summed E-state index contributed by atoms with van der Waals surface area (Å²) in [5.41, 5.74) is 3.16. The molecule has 0 aromatic heterocycles. The van der Waals surface area contributed by atoms with Crippen LogP contribution < -0.4 is 5.32 Å². The SMILES string of the molecule is COCc1cc(CNC(=O)C2([C@@H]3CC3C(C)C)CCCC2)ccc1-c1ccccc1S(=O)(=O)N(COCC[Si](C)(C)C)C1=CCCOC(C)=C1Cl. The summed E-state index contributed by atoms with van der Waals surface area (Å²) in [4.78, 5) is 13.9. The van der Waals surface area contributed by atoms with Gasteiger partial charge < -0.3 is 19.5 Å². The maximum absolute atomic E-state index is 14.8. The third-order valence-corrected chi connectivity index (χ3v) is 14.8. The third-order valence-electron chi connectivity index (χ3n) is 10.8. The molecule has 0 radical (unpaired) electrons. The molecule has 2 aliphatic carbocycles. The number of hydrogen-bond donors (Lipinski definition) is 1. The molecule has 2 atom stereocenters. The zero-order valence-corrected chi connectivity index (χ0v) is 34.1. The number of amides is 1. The van der Waals surface area contributed by atoms with Gasteiger partial charge >= 0.3 is 0 Å². The summed E-state index contributed by atoms with van der Waals surface area (Å²) in [6.45, 7) is 14.4. The first kappa shape index (κ1) is 39.6. The summed E-state index contributed by atoms with van der Waals surface area (Å²) in [7, 11) is -3.97. The predicted octanol–water partition coefficient (Wildman–Crippen LogP) is 9.05. The average molecular weight is 758 g/mol. The fraction of sp³-hybridized carbons (Fsp3) is 0.575. The predicted molar refractivity (Wildman–Crippen MR) is 207 cm³/mol. The molecule has 3 aliphatic rings. The quantitative estimate of drug-likeness (QED) is 0.104. The van der Waals surface area contributed by atoms with Gasteiger partial charge in [0.2, 0.25) is 5.91 Å². The monoisotopic (exact) mass is 756 g/mol. The lowest BCUT2D eigenvalue weighted by molar-refractivity contribution is -0.132. The minimum absolute atomic E-state index is 0.137. The van der Waals surface area contributed by atoms with Crippen LogP contribution >= 0.6 is 11.6 Å². The normalized spacial score (nSPS) is 20.5. The number of rotatable bonds is 16. The number of carbonyl (C=O) groups excluding carboxylic acids is 1. The fourth-order valence-corrected chi connectivity index (χ4v) is 10.4. The number of nitrogens with zero attached hydrogens (tertiary/aromatic N) is 1. The number of ether oxygens (including phenoxy) is 3. The third kappa shape index (κ3) is 9.12. The van der Waals surface area contributed by atoms with Gasteiger partial charge in [0.25, 0.3) is 10.0 Å². The van der Waals surface area contributed by atoms with Crippen molar-refractivity contribution in [1.29, 1.82) is 0 Å². The molecule has 11 heteroatoms. The van der Waals surface area contributed by atoms with E-state index in [0.29, 0.717) is 61.0 Å². The number of allylic oxidation sites excluding steroid dienone is 2. The van der Waals surface area contributed by atoms with Gasteiger partial charge in [-0.2, -0.15) is 0 Å². The number of nitrogens with one attached hydrogen (secondary N) is 1. The Labute approximate surface area is 312 Å². The molecule has 1 aliphatic heterocycles. The molecule has 2 aromatic rings. The van der Waals surface area contributed by atoms with Gasteiger partial charge in [0.1, 0.15) is 17.5 Å². The Morgan fingerprint density at radius 3 is 2.51 bits per heavy atom. The first-order chi connectivity index (χ1) is 24.2. The molecule has 8 nitrogen and oxygen atoms in total. The van der Waals surface area contributed by atoms with Gasteiger partial charge in [0.15, 0.2) is 0 Å². The second kappa shape index (κ2) is 16.6. The lowest BCUT2D eigenvalue weighted by atomic mass is 9.78. The Morgan fingerprint density at radius 1 is 1.12 bits per heavy atom. The van der Waals surface area contributed by atoms with Crippen molar-refractivity contribution in [2.75, 3.05) is 27.1 Å². The number of carbonyl (C=O) groups is 1. The van der Waals surface area contributed by atoms with Crippen molar-refractivity contribution in [3.8, 4) is 11.1 Å². The van der Waals surface area contributed by atoms with E-state index in [2.05, 4.69) is 38.8 Å². The summed E-state index contributed by atoms with van der Waals surface area (Å²) >= 11 is 6.78. The minimum atomic E-state index is -4.18. The highest BCUT2D eigenvalue weighted by Gasteiger charge is 2.58. The van der Waals surface area contributed by atoms with Gasteiger partial charge in [-0.25, -0.2) is 12.7 Å². The van der Waals surface area contributed by atoms with Crippen molar-refractivity contribution in [2.45, 2.75) is 103 Å². The van der Waals surface area contributed by atoms with E-state index in [9.17, 15) is 13.2 Å². The highest BCUT2D eigenvalue weighted by molar-refractivity contribution is 7.89. The molecule has 1 N–H and O–H groups in total. The molecule has 51 heavy (non-hydrogen) atoms. The number of benzene rings is 2. The Hall–Kier alpha value is -2.63. The smallest absolute Gasteiger partial charge is 0.266 e. The summed E-state index contributed by atoms with van der Waals surface area (Å²) < 4.78 is 48.3. The van der Waals surface area contributed by atoms with Gasteiger partial charge in [-0.1, -0.05) is 100 Å². The molecule has 2 aromatic carbocycles. The van der Waals surface area contributed by atoms with Crippen LogP contribution in [0, 0.1) is 23.2 Å². The van der Waals surface area contributed by atoms with Crippen LogP contribution in [0.15, 0.2) is 69.9 Å². The van der Waals surface area contributed by atoms with E-state index in [1.165, 1.54) is 4.31 Å². The molecule has 2 saturated carbocycles.